The third kappa shape index (κ3) is 10.3. The molecule has 2 N–H and O–H groups in total. The van der Waals surface area contributed by atoms with Crippen LogP contribution in [0.15, 0.2) is 61.1 Å². The van der Waals surface area contributed by atoms with Gasteiger partial charge in [0, 0.05) is 73.7 Å². The van der Waals surface area contributed by atoms with Gasteiger partial charge in [0.2, 0.25) is 12.0 Å². The molecule has 6 aromatic rings. The molecule has 356 valence electrons. The molecule has 1 saturated carbocycles. The number of nitrogens with zero attached hydrogens (tertiary/aromatic N) is 6. The number of likely N-dealkylation sites (N-methyl/N-ethyl adjacent to an activating group) is 1. The van der Waals surface area contributed by atoms with Crippen LogP contribution in [-0.2, 0) is 22.6 Å². The van der Waals surface area contributed by atoms with Gasteiger partial charge in [-0.05, 0) is 111 Å². The minimum atomic E-state index is -1.48. The third-order valence-corrected chi connectivity index (χ3v) is 15.2. The maximum atomic E-state index is 14.4. The van der Waals surface area contributed by atoms with Gasteiger partial charge in [-0.15, -0.1) is 11.3 Å². The van der Waals surface area contributed by atoms with Crippen LogP contribution in [0.1, 0.15) is 66.2 Å². The SMILES string of the molecule is Cc1c(Cl)c2c(Cl)c(C)c1-c1c(-c3ccc(F)cc3)sc3ncnc(c13)O[C@@H](C(=O)O)Cc1cc(ccc1OCc1ccnc([C@H]3CC[C@@H](CC(=O)O)CC3)n1)OC[C@@H](CN1CCN(C)CC1)O2. The first-order valence-corrected chi connectivity index (χ1v) is 24.3. The molecular weight excluding hydrogens is 935 g/mol. The molecule has 3 aromatic heterocycles. The van der Waals surface area contributed by atoms with Crippen molar-refractivity contribution in [1.82, 2.24) is 29.7 Å². The van der Waals surface area contributed by atoms with Crippen LogP contribution in [0.2, 0.25) is 10.0 Å². The summed E-state index contributed by atoms with van der Waals surface area (Å²) in [5.41, 5.74) is 4.36. The largest absolute Gasteiger partial charge is 0.490 e. The predicted octanol–water partition coefficient (Wildman–Crippen LogP) is 9.67. The molecule has 0 unspecified atom stereocenters. The molecule has 4 aliphatic rings. The van der Waals surface area contributed by atoms with E-state index in [0.717, 1.165) is 51.9 Å². The second-order valence-electron chi connectivity index (χ2n) is 17.8. The number of hydrogen-bond donors (Lipinski definition) is 2. The van der Waals surface area contributed by atoms with Crippen molar-refractivity contribution in [1.29, 1.82) is 0 Å². The Kier molecular flexibility index (Phi) is 14.3. The van der Waals surface area contributed by atoms with Gasteiger partial charge in [-0.1, -0.05) is 35.3 Å². The van der Waals surface area contributed by atoms with Crippen molar-refractivity contribution in [3.63, 3.8) is 0 Å². The second-order valence-corrected chi connectivity index (χ2v) is 19.6. The zero-order valence-corrected chi connectivity index (χ0v) is 40.2. The van der Waals surface area contributed by atoms with E-state index in [1.54, 1.807) is 42.6 Å². The molecule has 0 spiro atoms. The lowest BCUT2D eigenvalue weighted by Gasteiger charge is -2.35. The molecule has 0 amide bonds. The van der Waals surface area contributed by atoms with Gasteiger partial charge in [0.25, 0.3) is 0 Å². The quantitative estimate of drug-likeness (QED) is 0.133. The number of carbonyl (C=O) groups is 2. The highest BCUT2D eigenvalue weighted by atomic mass is 35.5. The van der Waals surface area contributed by atoms with Crippen LogP contribution in [0.3, 0.4) is 0 Å². The topological polar surface area (TPSA) is 170 Å². The molecular formula is C50H51Cl2FN6O8S. The number of hydrogen-bond acceptors (Lipinski definition) is 13. The number of halogens is 3. The van der Waals surface area contributed by atoms with E-state index in [1.165, 1.54) is 29.8 Å². The Hall–Kier alpha value is -5.65. The molecule has 68 heavy (non-hydrogen) atoms. The first-order valence-electron chi connectivity index (χ1n) is 22.7. The normalized spacial score (nSPS) is 20.3. The lowest BCUT2D eigenvalue weighted by molar-refractivity contribution is -0.145. The third-order valence-electron chi connectivity index (χ3n) is 13.1. The van der Waals surface area contributed by atoms with E-state index in [0.29, 0.717) is 83.8 Å². The van der Waals surface area contributed by atoms with Crippen LogP contribution < -0.4 is 18.9 Å². The van der Waals surface area contributed by atoms with Crippen molar-refractivity contribution in [2.45, 2.75) is 77.1 Å². The van der Waals surface area contributed by atoms with Crippen LogP contribution in [0.4, 0.5) is 4.39 Å². The average molecular weight is 986 g/mol. The molecule has 1 aliphatic carbocycles. The van der Waals surface area contributed by atoms with Gasteiger partial charge in [0.1, 0.15) is 53.6 Å². The molecule has 3 aromatic carbocycles. The molecule has 14 nitrogen and oxygen atoms in total. The molecule has 6 heterocycles. The zero-order valence-electron chi connectivity index (χ0n) is 37.8. The van der Waals surface area contributed by atoms with Crippen molar-refractivity contribution in [2.75, 3.05) is 46.4 Å². The number of aliphatic carboxylic acids is 2. The van der Waals surface area contributed by atoms with E-state index in [4.69, 9.17) is 47.1 Å². The summed E-state index contributed by atoms with van der Waals surface area (Å²) >= 11 is 16.0. The summed E-state index contributed by atoms with van der Waals surface area (Å²) in [6.07, 6.45) is 4.22. The summed E-state index contributed by atoms with van der Waals surface area (Å²) < 4.78 is 40.7. The predicted molar refractivity (Wildman–Crippen MR) is 257 cm³/mol. The smallest absolute Gasteiger partial charge is 0.345 e. The molecule has 2 fully saturated rings. The number of rotatable bonds is 10. The maximum absolute atomic E-state index is 14.4. The standard InChI is InChI=1S/C50H51Cl2FN6O8S/c1-27-40-28(2)44(52)45(43(27)51)66-36(23-59-18-16-58(3)17-19-59)25-64-35-12-13-37(65-24-34-14-15-54-47(57-34)31-6-4-29(5-7-31)20-39(60)61)32(21-35)22-38(50(62)63)67-48-42-41(40)46(68-49(42)56-26-55-48)30-8-10-33(53)11-9-30/h8-15,21,26,29,31,36,38H,4-7,16-20,22-25H2,1-3H3,(H,60,61)(H,62,63)/t29-,31+,36-,38-/m1/s1. The summed E-state index contributed by atoms with van der Waals surface area (Å²) in [5.74, 6) is -0.307. The van der Waals surface area contributed by atoms with Gasteiger partial charge in [-0.2, -0.15) is 0 Å². The molecule has 18 heteroatoms. The van der Waals surface area contributed by atoms with E-state index >= 15 is 0 Å². The highest BCUT2D eigenvalue weighted by Gasteiger charge is 2.33. The Labute approximate surface area is 407 Å². The van der Waals surface area contributed by atoms with Gasteiger partial charge in [-0.25, -0.2) is 29.1 Å². The van der Waals surface area contributed by atoms with Crippen LogP contribution in [-0.4, -0.2) is 110 Å². The number of piperazine rings is 1. The fourth-order valence-electron chi connectivity index (χ4n) is 9.43. The van der Waals surface area contributed by atoms with Crippen molar-refractivity contribution < 1.29 is 43.1 Å². The van der Waals surface area contributed by atoms with E-state index in [-0.39, 0.29) is 53.8 Å². The van der Waals surface area contributed by atoms with Crippen molar-refractivity contribution in [2.24, 2.45) is 5.92 Å². The Morgan fingerprint density at radius 1 is 0.912 bits per heavy atom. The van der Waals surface area contributed by atoms with Crippen LogP contribution in [0.25, 0.3) is 31.8 Å². The second kappa shape index (κ2) is 20.5. The number of carboxylic acid groups (broad SMARTS) is 2. The highest BCUT2D eigenvalue weighted by molar-refractivity contribution is 7.22. The number of thiophene rings is 1. The van der Waals surface area contributed by atoms with E-state index in [1.807, 2.05) is 13.8 Å². The average Bonchev–Trinajstić information content (AvgIpc) is 3.71. The zero-order chi connectivity index (χ0) is 47.6. The lowest BCUT2D eigenvalue weighted by atomic mass is 9.80. The lowest BCUT2D eigenvalue weighted by Crippen LogP contribution is -2.49. The van der Waals surface area contributed by atoms with Gasteiger partial charge < -0.3 is 34.1 Å². The molecule has 10 rings (SSSR count). The summed E-state index contributed by atoms with van der Waals surface area (Å²) in [4.78, 5) is 49.0. The molecule has 2 atom stereocenters. The molecule has 0 radical (unpaired) electrons. The van der Waals surface area contributed by atoms with Gasteiger partial charge >= 0.3 is 11.9 Å². The Balaban J connectivity index is 1.12. The molecule has 1 saturated heterocycles. The van der Waals surface area contributed by atoms with E-state index in [2.05, 4.69) is 31.8 Å². The minimum Gasteiger partial charge on any atom is -0.490 e. The summed E-state index contributed by atoms with van der Waals surface area (Å²) in [6, 6.07) is 13.1. The summed E-state index contributed by atoms with van der Waals surface area (Å²) in [5, 5.41) is 21.2. The van der Waals surface area contributed by atoms with Crippen molar-refractivity contribution >= 4 is 56.7 Å². The summed E-state index contributed by atoms with van der Waals surface area (Å²) in [6.45, 7) is 7.85. The fourth-order valence-corrected chi connectivity index (χ4v) is 11.1. The number of ether oxygens (including phenoxy) is 4. The monoisotopic (exact) mass is 984 g/mol. The Morgan fingerprint density at radius 2 is 1.65 bits per heavy atom. The number of benzene rings is 3. The maximum Gasteiger partial charge on any atom is 0.345 e. The minimum absolute atomic E-state index is 0.0188. The number of aromatic nitrogens is 4. The highest BCUT2D eigenvalue weighted by Crippen LogP contribution is 2.53. The fraction of sp³-hybridized carbons (Fsp3) is 0.400. The summed E-state index contributed by atoms with van der Waals surface area (Å²) in [7, 11) is 2.10. The molecule has 3 aliphatic heterocycles. The van der Waals surface area contributed by atoms with E-state index in [9.17, 15) is 24.2 Å². The van der Waals surface area contributed by atoms with Crippen molar-refractivity contribution in [3.05, 3.63) is 105 Å². The van der Waals surface area contributed by atoms with Crippen LogP contribution >= 0.6 is 34.5 Å². The Bertz CT molecular complexity index is 2810. The molecule has 4 bridgehead atoms. The van der Waals surface area contributed by atoms with Crippen LogP contribution in [0.5, 0.6) is 23.1 Å². The number of carboxylic acids is 2. The first kappa shape index (κ1) is 47.4. The van der Waals surface area contributed by atoms with Gasteiger partial charge in [-0.3, -0.25) is 9.69 Å². The van der Waals surface area contributed by atoms with Gasteiger partial charge in [0.15, 0.2) is 5.75 Å². The van der Waals surface area contributed by atoms with E-state index < -0.39 is 30.0 Å². The van der Waals surface area contributed by atoms with Crippen molar-refractivity contribution in [3.8, 4) is 44.7 Å². The number of fused-ring (bicyclic) bond motifs is 7. The first-order chi connectivity index (χ1) is 32.8. The van der Waals surface area contributed by atoms with Gasteiger partial charge in [0.05, 0.1) is 21.1 Å². The van der Waals surface area contributed by atoms with Crippen LogP contribution in [0, 0.1) is 25.6 Å². The Morgan fingerprint density at radius 3 is 2.35 bits per heavy atom.